The van der Waals surface area contributed by atoms with Crippen molar-refractivity contribution in [2.75, 3.05) is 13.6 Å². The van der Waals surface area contributed by atoms with E-state index in [1.54, 1.807) is 0 Å². The Morgan fingerprint density at radius 2 is 2.05 bits per heavy atom. The van der Waals surface area contributed by atoms with Crippen molar-refractivity contribution in [3.8, 4) is 0 Å². The molecule has 2 N–H and O–H groups in total. The molecule has 0 saturated carbocycles. The fourth-order valence-corrected chi connectivity index (χ4v) is 3.79. The Labute approximate surface area is 122 Å². The molecule has 114 valence electrons. The number of ether oxygens (including phenoxy) is 1. The van der Waals surface area contributed by atoms with E-state index in [1.165, 1.54) is 5.56 Å². The van der Waals surface area contributed by atoms with Gasteiger partial charge in [-0.2, -0.15) is 5.10 Å². The summed E-state index contributed by atoms with van der Waals surface area (Å²) >= 11 is 0. The van der Waals surface area contributed by atoms with E-state index >= 15 is 0 Å². The van der Waals surface area contributed by atoms with Crippen molar-refractivity contribution in [2.24, 2.45) is 12.8 Å². The van der Waals surface area contributed by atoms with Gasteiger partial charge in [0.15, 0.2) is 0 Å². The van der Waals surface area contributed by atoms with Gasteiger partial charge in [0.1, 0.15) is 0 Å². The van der Waals surface area contributed by atoms with Crippen LogP contribution < -0.4 is 5.73 Å². The number of aryl methyl sites for hydroxylation is 1. The van der Waals surface area contributed by atoms with Crippen LogP contribution in [0.5, 0.6) is 0 Å². The molecule has 1 aliphatic rings. The van der Waals surface area contributed by atoms with E-state index in [2.05, 4.69) is 50.9 Å². The van der Waals surface area contributed by atoms with Gasteiger partial charge in [-0.25, -0.2) is 0 Å². The van der Waals surface area contributed by atoms with E-state index in [4.69, 9.17) is 10.5 Å². The molecule has 5 nitrogen and oxygen atoms in total. The quantitative estimate of drug-likeness (QED) is 0.908. The zero-order chi connectivity index (χ0) is 15.2. The molecular formula is C15H28N4O. The minimum absolute atomic E-state index is 0.147. The lowest BCUT2D eigenvalue weighted by Gasteiger charge is -2.46. The molecule has 20 heavy (non-hydrogen) atoms. The van der Waals surface area contributed by atoms with Crippen LogP contribution >= 0.6 is 0 Å². The van der Waals surface area contributed by atoms with Crippen molar-refractivity contribution < 1.29 is 4.74 Å². The number of hydrogen-bond donors (Lipinski definition) is 1. The van der Waals surface area contributed by atoms with Gasteiger partial charge in [-0.3, -0.25) is 9.58 Å². The van der Waals surface area contributed by atoms with Crippen LogP contribution in [0.15, 0.2) is 12.4 Å². The highest BCUT2D eigenvalue weighted by Crippen LogP contribution is 2.47. The smallest absolute Gasteiger partial charge is 0.0830 e. The minimum atomic E-state index is -0.276. The molecule has 0 aliphatic carbocycles. The predicted octanol–water partition coefficient (Wildman–Crippen LogP) is 1.53. The molecule has 0 spiro atoms. The van der Waals surface area contributed by atoms with Gasteiger partial charge >= 0.3 is 0 Å². The van der Waals surface area contributed by atoms with E-state index in [1.807, 2.05) is 17.9 Å². The zero-order valence-corrected chi connectivity index (χ0v) is 13.6. The van der Waals surface area contributed by atoms with E-state index in [-0.39, 0.29) is 16.7 Å². The second kappa shape index (κ2) is 4.83. The molecule has 0 amide bonds. The van der Waals surface area contributed by atoms with Gasteiger partial charge in [-0.1, -0.05) is 0 Å². The molecule has 1 aromatic heterocycles. The third-order valence-corrected chi connectivity index (χ3v) is 4.62. The molecule has 2 rings (SSSR count). The van der Waals surface area contributed by atoms with Gasteiger partial charge in [0.25, 0.3) is 0 Å². The minimum Gasteiger partial charge on any atom is -0.368 e. The van der Waals surface area contributed by atoms with E-state index < -0.39 is 0 Å². The third kappa shape index (κ3) is 2.50. The molecule has 5 heteroatoms. The summed E-state index contributed by atoms with van der Waals surface area (Å²) in [5.74, 6) is 0. The van der Waals surface area contributed by atoms with Crippen molar-refractivity contribution in [3.05, 3.63) is 18.0 Å². The number of likely N-dealkylation sites (N-methyl/N-ethyl adjacent to an activating group) is 1. The molecule has 1 aromatic rings. The van der Waals surface area contributed by atoms with Crippen molar-refractivity contribution in [1.29, 1.82) is 0 Å². The maximum absolute atomic E-state index is 6.26. The molecule has 0 radical (unpaired) electrons. The lowest BCUT2D eigenvalue weighted by atomic mass is 9.77. The SMILES string of the molecule is CN(Cc1cnn(C)c1)C1(CN)CC(C)(C)OC1(C)C. The van der Waals surface area contributed by atoms with Gasteiger partial charge in [-0.15, -0.1) is 0 Å². The summed E-state index contributed by atoms with van der Waals surface area (Å²) in [6.07, 6.45) is 4.89. The lowest BCUT2D eigenvalue weighted by Crippen LogP contribution is -2.61. The largest absolute Gasteiger partial charge is 0.368 e. The van der Waals surface area contributed by atoms with Crippen molar-refractivity contribution in [2.45, 2.75) is 57.4 Å². The third-order valence-electron chi connectivity index (χ3n) is 4.62. The second-order valence-corrected chi connectivity index (χ2v) is 7.16. The van der Waals surface area contributed by atoms with Gasteiger partial charge < -0.3 is 10.5 Å². The number of aromatic nitrogens is 2. The predicted molar refractivity (Wildman–Crippen MR) is 80.3 cm³/mol. The fourth-order valence-electron chi connectivity index (χ4n) is 3.79. The lowest BCUT2D eigenvalue weighted by molar-refractivity contribution is -0.101. The molecule has 1 unspecified atom stereocenters. The first-order chi connectivity index (χ1) is 9.12. The average Bonchev–Trinajstić information content (AvgIpc) is 2.77. The number of nitrogens with two attached hydrogens (primary N) is 1. The maximum Gasteiger partial charge on any atom is 0.0830 e. The first-order valence-electron chi connectivity index (χ1n) is 7.21. The topological polar surface area (TPSA) is 56.3 Å². The van der Waals surface area contributed by atoms with Crippen LogP contribution in [-0.2, 0) is 18.3 Å². The summed E-state index contributed by atoms with van der Waals surface area (Å²) in [6, 6.07) is 0. The molecule has 0 aromatic carbocycles. The molecule has 1 atom stereocenters. The Morgan fingerprint density at radius 1 is 1.40 bits per heavy atom. The van der Waals surface area contributed by atoms with Crippen molar-refractivity contribution in [1.82, 2.24) is 14.7 Å². The summed E-state index contributed by atoms with van der Waals surface area (Å²) < 4.78 is 8.10. The van der Waals surface area contributed by atoms with Crippen LogP contribution in [-0.4, -0.2) is 45.0 Å². The Kier molecular flexibility index (Phi) is 3.73. The van der Waals surface area contributed by atoms with E-state index in [0.717, 1.165) is 13.0 Å². The Hall–Kier alpha value is -0.910. The Bertz CT molecular complexity index is 480. The van der Waals surface area contributed by atoms with Gasteiger partial charge in [0, 0.05) is 31.9 Å². The van der Waals surface area contributed by atoms with Crippen LogP contribution in [0.3, 0.4) is 0 Å². The maximum atomic E-state index is 6.26. The molecule has 0 bridgehead atoms. The van der Waals surface area contributed by atoms with Gasteiger partial charge in [0.2, 0.25) is 0 Å². The second-order valence-electron chi connectivity index (χ2n) is 7.16. The van der Waals surface area contributed by atoms with E-state index in [0.29, 0.717) is 6.54 Å². The summed E-state index contributed by atoms with van der Waals surface area (Å²) in [6.45, 7) is 9.99. The standard InChI is InChI=1S/C15H28N4O/c1-13(2)10-15(11-16,14(3,4)20-13)18(5)8-12-7-17-19(6)9-12/h7,9H,8,10-11,16H2,1-6H3. The monoisotopic (exact) mass is 280 g/mol. The van der Waals surface area contributed by atoms with Gasteiger partial charge in [-0.05, 0) is 41.2 Å². The normalized spacial score (nSPS) is 28.2. The molecule has 1 aliphatic heterocycles. The molecular weight excluding hydrogens is 252 g/mol. The van der Waals surface area contributed by atoms with Crippen molar-refractivity contribution >= 4 is 0 Å². The average molecular weight is 280 g/mol. The van der Waals surface area contributed by atoms with Crippen LogP contribution in [0, 0.1) is 0 Å². The fraction of sp³-hybridized carbons (Fsp3) is 0.800. The highest BCUT2D eigenvalue weighted by atomic mass is 16.5. The highest BCUT2D eigenvalue weighted by molar-refractivity contribution is 5.14. The van der Waals surface area contributed by atoms with Crippen LogP contribution in [0.4, 0.5) is 0 Å². The molecule has 2 heterocycles. The number of rotatable bonds is 4. The summed E-state index contributed by atoms with van der Waals surface area (Å²) in [5.41, 5.74) is 6.80. The van der Waals surface area contributed by atoms with Gasteiger partial charge in [0.05, 0.1) is 22.9 Å². The molecule has 1 saturated heterocycles. The summed E-state index contributed by atoms with van der Waals surface area (Å²) in [4.78, 5) is 2.33. The Morgan fingerprint density at radius 3 is 2.45 bits per heavy atom. The highest BCUT2D eigenvalue weighted by Gasteiger charge is 2.58. The Balaban J connectivity index is 2.26. The van der Waals surface area contributed by atoms with E-state index in [9.17, 15) is 0 Å². The molecule has 1 fully saturated rings. The summed E-state index contributed by atoms with van der Waals surface area (Å²) in [7, 11) is 4.07. The zero-order valence-electron chi connectivity index (χ0n) is 13.6. The first kappa shape index (κ1) is 15.5. The summed E-state index contributed by atoms with van der Waals surface area (Å²) in [5, 5.41) is 4.24. The van der Waals surface area contributed by atoms with Crippen LogP contribution in [0.25, 0.3) is 0 Å². The van der Waals surface area contributed by atoms with Crippen molar-refractivity contribution in [3.63, 3.8) is 0 Å². The van der Waals surface area contributed by atoms with Crippen LogP contribution in [0.2, 0.25) is 0 Å². The number of hydrogen-bond acceptors (Lipinski definition) is 4. The number of nitrogens with zero attached hydrogens (tertiary/aromatic N) is 3. The van der Waals surface area contributed by atoms with Crippen LogP contribution in [0.1, 0.15) is 39.7 Å². The first-order valence-corrected chi connectivity index (χ1v) is 7.21.